The maximum Gasteiger partial charge on any atom is 0.341 e. The number of benzene rings is 1. The van der Waals surface area contributed by atoms with Gasteiger partial charge in [-0.05, 0) is 36.0 Å². The summed E-state index contributed by atoms with van der Waals surface area (Å²) in [6.45, 7) is 1.55. The maximum absolute atomic E-state index is 12.0. The molecule has 128 valence electrons. The summed E-state index contributed by atoms with van der Waals surface area (Å²) in [5.74, 6) is 0.188. The third-order valence-corrected chi connectivity index (χ3v) is 4.05. The molecule has 1 heterocycles. The fourth-order valence-corrected chi connectivity index (χ4v) is 2.52. The first-order valence-electron chi connectivity index (χ1n) is 7.94. The summed E-state index contributed by atoms with van der Waals surface area (Å²) in [6, 6.07) is 5.67. The quantitative estimate of drug-likeness (QED) is 0.347. The molecule has 1 fully saturated rings. The van der Waals surface area contributed by atoms with Gasteiger partial charge < -0.3 is 19.0 Å². The van der Waals surface area contributed by atoms with E-state index in [0.29, 0.717) is 36.9 Å². The Balaban J connectivity index is 1.88. The van der Waals surface area contributed by atoms with Crippen molar-refractivity contribution in [3.63, 3.8) is 0 Å². The first kappa shape index (κ1) is 16.5. The van der Waals surface area contributed by atoms with Crippen LogP contribution in [0.3, 0.4) is 0 Å². The van der Waals surface area contributed by atoms with Gasteiger partial charge in [0.05, 0.1) is 33.7 Å². The van der Waals surface area contributed by atoms with E-state index in [4.69, 9.17) is 19.0 Å². The molecule has 0 atom stereocenters. The zero-order valence-corrected chi connectivity index (χ0v) is 13.9. The lowest BCUT2D eigenvalue weighted by molar-refractivity contribution is -0.133. The van der Waals surface area contributed by atoms with Crippen molar-refractivity contribution in [2.45, 2.75) is 19.4 Å². The number of hydrogen-bond donors (Lipinski definition) is 0. The molecular formula is C18H21NO5. The number of oxime groups is 1. The van der Waals surface area contributed by atoms with E-state index in [1.54, 1.807) is 0 Å². The average Bonchev–Trinajstić information content (AvgIpc) is 3.43. The van der Waals surface area contributed by atoms with Crippen LogP contribution in [-0.2, 0) is 30.4 Å². The van der Waals surface area contributed by atoms with Crippen LogP contribution in [0.4, 0.5) is 0 Å². The molecule has 1 aliphatic heterocycles. The fraction of sp³-hybridized carbons (Fsp3) is 0.444. The number of rotatable bonds is 6. The number of carbonyl (C=O) groups excluding carboxylic acids is 1. The van der Waals surface area contributed by atoms with Crippen LogP contribution in [0.1, 0.15) is 29.5 Å². The van der Waals surface area contributed by atoms with Crippen LogP contribution < -0.4 is 0 Å². The van der Waals surface area contributed by atoms with Gasteiger partial charge in [-0.25, -0.2) is 4.79 Å². The second-order valence-electron chi connectivity index (χ2n) is 5.90. The van der Waals surface area contributed by atoms with Gasteiger partial charge >= 0.3 is 5.97 Å². The zero-order chi connectivity index (χ0) is 16.9. The highest BCUT2D eigenvalue weighted by Gasteiger charge is 2.23. The fourth-order valence-electron chi connectivity index (χ4n) is 2.52. The molecule has 6 heteroatoms. The van der Waals surface area contributed by atoms with Gasteiger partial charge in [0.25, 0.3) is 0 Å². The Morgan fingerprint density at radius 3 is 2.88 bits per heavy atom. The third kappa shape index (κ3) is 3.76. The average molecular weight is 331 g/mol. The first-order chi connectivity index (χ1) is 11.7. The summed E-state index contributed by atoms with van der Waals surface area (Å²) in [5, 5.41) is 4.24. The minimum Gasteiger partial charge on any atom is -0.503 e. The normalized spacial score (nSPS) is 18.9. The maximum atomic E-state index is 12.0. The third-order valence-electron chi connectivity index (χ3n) is 4.05. The highest BCUT2D eigenvalue weighted by Crippen LogP contribution is 2.29. The predicted octanol–water partition coefficient (Wildman–Crippen LogP) is 2.51. The van der Waals surface area contributed by atoms with Crippen LogP contribution in [0.2, 0.25) is 0 Å². The molecule has 1 saturated carbocycles. The Morgan fingerprint density at radius 2 is 2.17 bits per heavy atom. The Morgan fingerprint density at radius 1 is 1.33 bits per heavy atom. The smallest absolute Gasteiger partial charge is 0.341 e. The molecule has 0 radical (unpaired) electrons. The minimum atomic E-state index is -0.452. The molecule has 6 nitrogen and oxygen atoms in total. The van der Waals surface area contributed by atoms with Gasteiger partial charge in [-0.1, -0.05) is 17.3 Å². The number of hydrogen-bond acceptors (Lipinski definition) is 6. The van der Waals surface area contributed by atoms with Crippen molar-refractivity contribution >= 4 is 17.3 Å². The molecule has 0 spiro atoms. The van der Waals surface area contributed by atoms with Crippen LogP contribution >= 0.6 is 0 Å². The van der Waals surface area contributed by atoms with E-state index in [0.717, 1.165) is 16.8 Å². The molecule has 0 bridgehead atoms. The topological polar surface area (TPSA) is 66.4 Å². The zero-order valence-electron chi connectivity index (χ0n) is 13.9. The molecule has 1 aromatic rings. The van der Waals surface area contributed by atoms with E-state index < -0.39 is 5.97 Å². The van der Waals surface area contributed by atoms with Gasteiger partial charge in [0.2, 0.25) is 0 Å². The molecule has 0 unspecified atom stereocenters. The van der Waals surface area contributed by atoms with Crippen molar-refractivity contribution in [3.05, 3.63) is 41.2 Å². The van der Waals surface area contributed by atoms with E-state index in [2.05, 4.69) is 5.16 Å². The lowest BCUT2D eigenvalue weighted by Crippen LogP contribution is -2.20. The molecule has 0 saturated heterocycles. The Kier molecular flexibility index (Phi) is 5.15. The largest absolute Gasteiger partial charge is 0.503 e. The second-order valence-corrected chi connectivity index (χ2v) is 5.90. The standard InChI is InChI=1S/C18H21NO5/c1-21-10-16(18(20)22-2)13-5-6-14-9-23-11-17(15(14)7-13)19-24-8-12-3-4-12/h5-7,10,12H,3-4,8-9,11H2,1-2H3/b16-10+,19-17+. The van der Waals surface area contributed by atoms with Crippen molar-refractivity contribution < 1.29 is 23.8 Å². The van der Waals surface area contributed by atoms with E-state index in [9.17, 15) is 4.79 Å². The number of fused-ring (bicyclic) bond motifs is 1. The second kappa shape index (κ2) is 7.49. The van der Waals surface area contributed by atoms with E-state index in [-0.39, 0.29) is 0 Å². The summed E-state index contributed by atoms with van der Waals surface area (Å²) < 4.78 is 15.4. The van der Waals surface area contributed by atoms with Crippen molar-refractivity contribution in [2.75, 3.05) is 27.4 Å². The highest BCUT2D eigenvalue weighted by atomic mass is 16.6. The number of carbonyl (C=O) groups is 1. The molecule has 1 aromatic carbocycles. The monoisotopic (exact) mass is 331 g/mol. The Labute approximate surface area is 141 Å². The molecule has 0 N–H and O–H groups in total. The summed E-state index contributed by atoms with van der Waals surface area (Å²) in [4.78, 5) is 17.4. The van der Waals surface area contributed by atoms with Crippen molar-refractivity contribution in [3.8, 4) is 0 Å². The van der Waals surface area contributed by atoms with Gasteiger partial charge in [-0.15, -0.1) is 0 Å². The van der Waals surface area contributed by atoms with E-state index in [1.807, 2.05) is 18.2 Å². The van der Waals surface area contributed by atoms with Crippen LogP contribution in [0.25, 0.3) is 5.57 Å². The molecule has 1 aliphatic carbocycles. The van der Waals surface area contributed by atoms with Gasteiger partial charge in [-0.3, -0.25) is 0 Å². The number of esters is 1. The number of methoxy groups -OCH3 is 2. The molecule has 0 amide bonds. The highest BCUT2D eigenvalue weighted by molar-refractivity contribution is 6.16. The number of nitrogens with zero attached hydrogens (tertiary/aromatic N) is 1. The van der Waals surface area contributed by atoms with Crippen LogP contribution in [0.5, 0.6) is 0 Å². The summed E-state index contributed by atoms with van der Waals surface area (Å²) in [7, 11) is 2.84. The van der Waals surface area contributed by atoms with E-state index in [1.165, 1.54) is 33.3 Å². The minimum absolute atomic E-state index is 0.354. The summed E-state index contributed by atoms with van der Waals surface area (Å²) in [6.07, 6.45) is 3.81. The van der Waals surface area contributed by atoms with Crippen molar-refractivity contribution in [1.29, 1.82) is 0 Å². The van der Waals surface area contributed by atoms with Crippen LogP contribution in [0, 0.1) is 5.92 Å². The van der Waals surface area contributed by atoms with E-state index >= 15 is 0 Å². The van der Waals surface area contributed by atoms with Gasteiger partial charge in [-0.2, -0.15) is 0 Å². The van der Waals surface area contributed by atoms with Gasteiger partial charge in [0.1, 0.15) is 17.9 Å². The first-order valence-corrected chi connectivity index (χ1v) is 7.94. The SMILES string of the molecule is CO/C=C(/C(=O)OC)c1ccc2c(c1)/C(=N/OCC1CC1)COC2. The van der Waals surface area contributed by atoms with Gasteiger partial charge in [0, 0.05) is 5.56 Å². The molecule has 0 aromatic heterocycles. The molecule has 3 rings (SSSR count). The lowest BCUT2D eigenvalue weighted by Gasteiger charge is -2.19. The molecule has 2 aliphatic rings. The summed E-state index contributed by atoms with van der Waals surface area (Å²) in [5.41, 5.74) is 3.74. The van der Waals surface area contributed by atoms with Gasteiger partial charge in [0.15, 0.2) is 0 Å². The van der Waals surface area contributed by atoms with Crippen molar-refractivity contribution in [1.82, 2.24) is 0 Å². The number of ether oxygens (including phenoxy) is 3. The lowest BCUT2D eigenvalue weighted by atomic mass is 9.96. The van der Waals surface area contributed by atoms with Crippen molar-refractivity contribution in [2.24, 2.45) is 11.1 Å². The van der Waals surface area contributed by atoms with Crippen LogP contribution in [-0.4, -0.2) is 39.1 Å². The predicted molar refractivity (Wildman–Crippen MR) is 88.3 cm³/mol. The summed E-state index contributed by atoms with van der Waals surface area (Å²) >= 11 is 0. The Bertz CT molecular complexity index is 676. The molecular weight excluding hydrogens is 310 g/mol. The Hall–Kier alpha value is -2.34. The molecule has 24 heavy (non-hydrogen) atoms. The van der Waals surface area contributed by atoms with Crippen LogP contribution in [0.15, 0.2) is 29.6 Å².